The summed E-state index contributed by atoms with van der Waals surface area (Å²) in [5.41, 5.74) is 5.09. The first-order valence-corrected chi connectivity index (χ1v) is 6.35. The third kappa shape index (κ3) is 4.33. The number of primary amides is 1. The van der Waals surface area contributed by atoms with Crippen LogP contribution in [0.5, 0.6) is 0 Å². The minimum Gasteiger partial charge on any atom is -0.370 e. The maximum atomic E-state index is 10.6. The average Bonchev–Trinajstić information content (AvgIpc) is 2.18. The summed E-state index contributed by atoms with van der Waals surface area (Å²) >= 11 is 1.88. The lowest BCUT2D eigenvalue weighted by atomic mass is 9.95. The molecule has 1 aliphatic heterocycles. The Balaban J connectivity index is 2.13. The number of carbonyl (C=O) groups is 1. The highest BCUT2D eigenvalue weighted by molar-refractivity contribution is 7.99. The topological polar surface area (TPSA) is 55.1 Å². The number of nitrogens with two attached hydrogens (primary N) is 1. The van der Waals surface area contributed by atoms with Gasteiger partial charge in [-0.05, 0) is 31.8 Å². The summed E-state index contributed by atoms with van der Waals surface area (Å²) < 4.78 is 0. The predicted molar refractivity (Wildman–Crippen MR) is 61.3 cm³/mol. The number of rotatable bonds is 5. The molecule has 1 fully saturated rings. The van der Waals surface area contributed by atoms with Crippen LogP contribution in [-0.4, -0.2) is 30.0 Å². The third-order valence-electron chi connectivity index (χ3n) is 2.78. The Bertz CT molecular complexity index is 181. The Morgan fingerprint density at radius 3 is 2.79 bits per heavy atom. The zero-order valence-electron chi connectivity index (χ0n) is 8.79. The summed E-state index contributed by atoms with van der Waals surface area (Å²) in [5, 5.41) is 4.02. The second-order valence-corrected chi connectivity index (χ2v) is 5.36. The van der Waals surface area contributed by atoms with Crippen molar-refractivity contribution in [3.63, 3.8) is 0 Å². The van der Waals surface area contributed by atoms with E-state index in [-0.39, 0.29) is 5.91 Å². The van der Waals surface area contributed by atoms with Gasteiger partial charge >= 0.3 is 0 Å². The SMILES string of the molecule is CC(SCCC(N)=O)C1CCNCC1. The molecule has 1 atom stereocenters. The van der Waals surface area contributed by atoms with Crippen molar-refractivity contribution in [1.82, 2.24) is 5.32 Å². The molecule has 1 saturated heterocycles. The van der Waals surface area contributed by atoms with Crippen molar-refractivity contribution >= 4 is 17.7 Å². The van der Waals surface area contributed by atoms with Gasteiger partial charge in [0.2, 0.25) is 5.91 Å². The van der Waals surface area contributed by atoms with E-state index in [4.69, 9.17) is 5.73 Å². The van der Waals surface area contributed by atoms with Crippen LogP contribution in [0.15, 0.2) is 0 Å². The van der Waals surface area contributed by atoms with E-state index < -0.39 is 0 Å². The molecule has 1 amide bonds. The van der Waals surface area contributed by atoms with Crippen molar-refractivity contribution < 1.29 is 4.79 Å². The second-order valence-electron chi connectivity index (χ2n) is 3.88. The molecule has 1 unspecified atom stereocenters. The molecule has 0 bridgehead atoms. The van der Waals surface area contributed by atoms with Crippen molar-refractivity contribution in [3.8, 4) is 0 Å². The van der Waals surface area contributed by atoms with Crippen LogP contribution < -0.4 is 11.1 Å². The number of amides is 1. The minimum atomic E-state index is -0.185. The fourth-order valence-corrected chi connectivity index (χ4v) is 3.03. The number of hydrogen-bond donors (Lipinski definition) is 2. The van der Waals surface area contributed by atoms with E-state index in [1.165, 1.54) is 12.8 Å². The summed E-state index contributed by atoms with van der Waals surface area (Å²) in [5.74, 6) is 1.50. The largest absolute Gasteiger partial charge is 0.370 e. The number of carbonyl (C=O) groups excluding carboxylic acids is 1. The summed E-state index contributed by atoms with van der Waals surface area (Å²) in [6, 6.07) is 0. The Morgan fingerprint density at radius 2 is 2.21 bits per heavy atom. The van der Waals surface area contributed by atoms with Gasteiger partial charge in [-0.15, -0.1) is 0 Å². The second kappa shape index (κ2) is 6.30. The molecule has 4 heteroatoms. The molecule has 3 nitrogen and oxygen atoms in total. The molecule has 0 aromatic heterocycles. The molecular formula is C10H20N2OS. The van der Waals surface area contributed by atoms with Crippen LogP contribution in [-0.2, 0) is 4.79 Å². The van der Waals surface area contributed by atoms with E-state index in [1.54, 1.807) is 0 Å². The van der Waals surface area contributed by atoms with Crippen molar-refractivity contribution in [3.05, 3.63) is 0 Å². The van der Waals surface area contributed by atoms with Gasteiger partial charge in [-0.25, -0.2) is 0 Å². The molecule has 1 aliphatic rings. The number of hydrogen-bond acceptors (Lipinski definition) is 3. The van der Waals surface area contributed by atoms with Gasteiger partial charge in [0, 0.05) is 17.4 Å². The lowest BCUT2D eigenvalue weighted by Crippen LogP contribution is -2.32. The predicted octanol–water partition coefficient (Wildman–Crippen LogP) is 0.983. The monoisotopic (exact) mass is 216 g/mol. The van der Waals surface area contributed by atoms with Crippen LogP contribution in [0.25, 0.3) is 0 Å². The molecule has 1 rings (SSSR count). The van der Waals surface area contributed by atoms with Crippen molar-refractivity contribution in [2.24, 2.45) is 11.7 Å². The Labute approximate surface area is 90.2 Å². The van der Waals surface area contributed by atoms with Crippen LogP contribution in [0.3, 0.4) is 0 Å². The quantitative estimate of drug-likeness (QED) is 0.720. The number of thioether (sulfide) groups is 1. The van der Waals surface area contributed by atoms with E-state index in [1.807, 2.05) is 11.8 Å². The first kappa shape index (κ1) is 11.9. The van der Waals surface area contributed by atoms with Crippen molar-refractivity contribution in [1.29, 1.82) is 0 Å². The molecule has 14 heavy (non-hydrogen) atoms. The van der Waals surface area contributed by atoms with Crippen LogP contribution in [0, 0.1) is 5.92 Å². The van der Waals surface area contributed by atoms with Crippen LogP contribution in [0.4, 0.5) is 0 Å². The standard InChI is InChI=1S/C10H20N2OS/c1-8(14-7-4-10(11)13)9-2-5-12-6-3-9/h8-9,12H,2-7H2,1H3,(H2,11,13). The molecule has 0 aliphatic carbocycles. The molecule has 0 spiro atoms. The first-order valence-electron chi connectivity index (χ1n) is 5.31. The molecule has 1 heterocycles. The minimum absolute atomic E-state index is 0.185. The van der Waals surface area contributed by atoms with Gasteiger partial charge in [-0.1, -0.05) is 6.92 Å². The molecule has 0 saturated carbocycles. The Kier molecular flexibility index (Phi) is 5.33. The van der Waals surface area contributed by atoms with Gasteiger partial charge in [0.1, 0.15) is 0 Å². The van der Waals surface area contributed by atoms with Gasteiger partial charge in [-0.3, -0.25) is 4.79 Å². The van der Waals surface area contributed by atoms with Crippen LogP contribution >= 0.6 is 11.8 Å². The molecule has 82 valence electrons. The maximum Gasteiger partial charge on any atom is 0.218 e. The fraction of sp³-hybridized carbons (Fsp3) is 0.900. The maximum absolute atomic E-state index is 10.6. The van der Waals surface area contributed by atoms with E-state index in [0.29, 0.717) is 11.7 Å². The first-order chi connectivity index (χ1) is 6.70. The van der Waals surface area contributed by atoms with Gasteiger partial charge in [0.25, 0.3) is 0 Å². The third-order valence-corrected chi connectivity index (χ3v) is 4.13. The lowest BCUT2D eigenvalue weighted by molar-refractivity contribution is -0.117. The highest BCUT2D eigenvalue weighted by Crippen LogP contribution is 2.26. The van der Waals surface area contributed by atoms with Crippen LogP contribution in [0.1, 0.15) is 26.2 Å². The lowest BCUT2D eigenvalue weighted by Gasteiger charge is -2.27. The van der Waals surface area contributed by atoms with Crippen molar-refractivity contribution in [2.75, 3.05) is 18.8 Å². The van der Waals surface area contributed by atoms with E-state index in [9.17, 15) is 4.79 Å². The van der Waals surface area contributed by atoms with Gasteiger partial charge in [-0.2, -0.15) is 11.8 Å². The normalized spacial score (nSPS) is 20.6. The molecule has 0 aromatic rings. The molecule has 0 aromatic carbocycles. The Hall–Kier alpha value is -0.220. The van der Waals surface area contributed by atoms with Gasteiger partial charge < -0.3 is 11.1 Å². The summed E-state index contributed by atoms with van der Waals surface area (Å²) in [6.07, 6.45) is 3.05. The van der Waals surface area contributed by atoms with Crippen molar-refractivity contribution in [2.45, 2.75) is 31.4 Å². The molecule has 3 N–H and O–H groups in total. The zero-order valence-corrected chi connectivity index (χ0v) is 9.61. The highest BCUT2D eigenvalue weighted by Gasteiger charge is 2.19. The molecule has 0 radical (unpaired) electrons. The Morgan fingerprint density at radius 1 is 1.57 bits per heavy atom. The van der Waals surface area contributed by atoms with Gasteiger partial charge in [0.15, 0.2) is 0 Å². The average molecular weight is 216 g/mol. The smallest absolute Gasteiger partial charge is 0.218 e. The summed E-state index contributed by atoms with van der Waals surface area (Å²) in [6.45, 7) is 4.55. The molecular weight excluding hydrogens is 196 g/mol. The van der Waals surface area contributed by atoms with E-state index >= 15 is 0 Å². The number of nitrogens with one attached hydrogen (secondary N) is 1. The summed E-state index contributed by atoms with van der Waals surface area (Å²) in [4.78, 5) is 10.6. The van der Waals surface area contributed by atoms with Crippen LogP contribution in [0.2, 0.25) is 0 Å². The fourth-order valence-electron chi connectivity index (χ4n) is 1.80. The van der Waals surface area contributed by atoms with E-state index in [2.05, 4.69) is 12.2 Å². The number of piperidine rings is 1. The van der Waals surface area contributed by atoms with Gasteiger partial charge in [0.05, 0.1) is 0 Å². The van der Waals surface area contributed by atoms with E-state index in [0.717, 1.165) is 24.8 Å². The highest BCUT2D eigenvalue weighted by atomic mass is 32.2. The summed E-state index contributed by atoms with van der Waals surface area (Å²) in [7, 11) is 0. The zero-order chi connectivity index (χ0) is 10.4.